The van der Waals surface area contributed by atoms with Crippen molar-refractivity contribution in [3.8, 4) is 0 Å². The molecule has 0 aromatic heterocycles. The number of carbonyl (C=O) groups is 3. The monoisotopic (exact) mass is 540 g/mol. The number of aliphatic carboxylic acids is 1. The first kappa shape index (κ1) is 22.6. The van der Waals surface area contributed by atoms with Gasteiger partial charge in [-0.3, -0.25) is 14.4 Å². The molecular formula is C22H22ClIN2O4. The maximum absolute atomic E-state index is 13.4. The van der Waals surface area contributed by atoms with Crippen LogP contribution in [-0.2, 0) is 9.59 Å². The summed E-state index contributed by atoms with van der Waals surface area (Å²) in [6, 6.07) is 12.4. The summed E-state index contributed by atoms with van der Waals surface area (Å²) in [6.07, 6.45) is 1.07. The fourth-order valence-electron chi connectivity index (χ4n) is 3.53. The van der Waals surface area contributed by atoms with Crippen molar-refractivity contribution in [1.29, 1.82) is 0 Å². The van der Waals surface area contributed by atoms with Gasteiger partial charge in [-0.25, -0.2) is 0 Å². The smallest absolute Gasteiger partial charge is 0.303 e. The fourth-order valence-corrected chi connectivity index (χ4v) is 4.15. The summed E-state index contributed by atoms with van der Waals surface area (Å²) in [7, 11) is 0. The summed E-state index contributed by atoms with van der Waals surface area (Å²) in [5.41, 5.74) is 1.95. The average Bonchev–Trinajstić information content (AvgIpc) is 2.80. The van der Waals surface area contributed by atoms with E-state index in [-0.39, 0.29) is 30.8 Å². The minimum Gasteiger partial charge on any atom is -0.481 e. The largest absolute Gasteiger partial charge is 0.481 e. The molecule has 2 aromatic carbocycles. The Balaban J connectivity index is 1.92. The second-order valence-electron chi connectivity index (χ2n) is 7.22. The molecule has 158 valence electrons. The van der Waals surface area contributed by atoms with Crippen LogP contribution in [0.1, 0.15) is 48.1 Å². The molecule has 0 unspecified atom stereocenters. The highest BCUT2D eigenvalue weighted by Crippen LogP contribution is 2.32. The molecule has 1 aliphatic rings. The van der Waals surface area contributed by atoms with Gasteiger partial charge < -0.3 is 14.9 Å². The van der Waals surface area contributed by atoms with Crippen molar-refractivity contribution in [1.82, 2.24) is 4.90 Å². The molecule has 0 bridgehead atoms. The lowest BCUT2D eigenvalue weighted by atomic mass is 10.1. The number of halogens is 2. The lowest BCUT2D eigenvalue weighted by Crippen LogP contribution is -2.40. The van der Waals surface area contributed by atoms with Crippen LogP contribution in [0.2, 0.25) is 5.02 Å². The second-order valence-corrected chi connectivity index (χ2v) is 8.90. The predicted octanol–water partition coefficient (Wildman–Crippen LogP) is 4.75. The normalized spacial score (nSPS) is 15.0. The third kappa shape index (κ3) is 5.13. The van der Waals surface area contributed by atoms with Crippen LogP contribution in [0.5, 0.6) is 0 Å². The zero-order valence-electron chi connectivity index (χ0n) is 16.5. The van der Waals surface area contributed by atoms with Crippen molar-refractivity contribution < 1.29 is 19.5 Å². The van der Waals surface area contributed by atoms with E-state index in [0.717, 1.165) is 9.13 Å². The van der Waals surface area contributed by atoms with Crippen LogP contribution in [0, 0.1) is 3.57 Å². The summed E-state index contributed by atoms with van der Waals surface area (Å²) >= 11 is 8.13. The van der Waals surface area contributed by atoms with Crippen LogP contribution in [-0.4, -0.2) is 40.9 Å². The molecule has 1 aliphatic heterocycles. The lowest BCUT2D eigenvalue weighted by molar-refractivity contribution is -0.137. The van der Waals surface area contributed by atoms with Gasteiger partial charge in [0.05, 0.1) is 17.3 Å². The van der Waals surface area contributed by atoms with Gasteiger partial charge in [0.1, 0.15) is 6.54 Å². The maximum atomic E-state index is 13.4. The van der Waals surface area contributed by atoms with Crippen LogP contribution < -0.4 is 4.90 Å². The molecule has 0 spiro atoms. The summed E-state index contributed by atoms with van der Waals surface area (Å²) in [5.74, 6) is -1.24. The standard InChI is InChI=1S/C22H22ClIN2O4/c1-14(15-5-7-16(23)8-6-15)26-13-20(27)25(11-3-2-4-21(28)29)19-10-9-17(24)12-18(19)22(26)30/h5-10,12,14H,2-4,11,13H2,1H3,(H,28,29)/t14-/m1/s1. The zero-order chi connectivity index (χ0) is 21.8. The summed E-state index contributed by atoms with van der Waals surface area (Å²) in [4.78, 5) is 40.5. The maximum Gasteiger partial charge on any atom is 0.303 e. The van der Waals surface area contributed by atoms with Gasteiger partial charge in [-0.15, -0.1) is 0 Å². The van der Waals surface area contributed by atoms with Crippen molar-refractivity contribution >= 4 is 57.7 Å². The van der Waals surface area contributed by atoms with Crippen LogP contribution >= 0.6 is 34.2 Å². The summed E-state index contributed by atoms with van der Waals surface area (Å²) < 4.78 is 0.902. The zero-order valence-corrected chi connectivity index (χ0v) is 19.4. The number of fused-ring (bicyclic) bond motifs is 1. The van der Waals surface area contributed by atoms with E-state index in [2.05, 4.69) is 22.6 Å². The van der Waals surface area contributed by atoms with Gasteiger partial charge in [-0.05, 0) is 78.3 Å². The number of nitrogens with zero attached hydrogens (tertiary/aromatic N) is 2. The number of hydrogen-bond acceptors (Lipinski definition) is 3. The number of carbonyl (C=O) groups excluding carboxylic acids is 2. The Labute approximate surface area is 193 Å². The number of anilines is 1. The highest BCUT2D eigenvalue weighted by molar-refractivity contribution is 14.1. The van der Waals surface area contributed by atoms with Gasteiger partial charge in [0, 0.05) is 21.6 Å². The quantitative estimate of drug-likeness (QED) is 0.406. The van der Waals surface area contributed by atoms with Crippen molar-refractivity contribution in [2.75, 3.05) is 18.0 Å². The average molecular weight is 541 g/mol. The first-order valence-electron chi connectivity index (χ1n) is 9.66. The van der Waals surface area contributed by atoms with E-state index in [9.17, 15) is 14.4 Å². The number of hydrogen-bond donors (Lipinski definition) is 1. The molecule has 1 N–H and O–H groups in total. The minimum absolute atomic E-state index is 0.0488. The van der Waals surface area contributed by atoms with Crippen molar-refractivity contribution in [2.24, 2.45) is 0 Å². The molecule has 2 amide bonds. The minimum atomic E-state index is -0.856. The van der Waals surface area contributed by atoms with Gasteiger partial charge in [0.2, 0.25) is 5.91 Å². The van der Waals surface area contributed by atoms with Gasteiger partial charge in [-0.1, -0.05) is 23.7 Å². The van der Waals surface area contributed by atoms with E-state index in [1.54, 1.807) is 34.1 Å². The number of benzene rings is 2. The van der Waals surface area contributed by atoms with E-state index in [4.69, 9.17) is 16.7 Å². The highest BCUT2D eigenvalue weighted by atomic mass is 127. The Bertz CT molecular complexity index is 964. The second kappa shape index (κ2) is 9.78. The van der Waals surface area contributed by atoms with E-state index in [1.807, 2.05) is 25.1 Å². The van der Waals surface area contributed by atoms with Gasteiger partial charge in [0.25, 0.3) is 5.91 Å². The number of rotatable bonds is 7. The fraction of sp³-hybridized carbons (Fsp3) is 0.318. The number of carboxylic acid groups (broad SMARTS) is 1. The number of carboxylic acids is 1. The van der Waals surface area contributed by atoms with Crippen molar-refractivity contribution in [3.63, 3.8) is 0 Å². The first-order valence-corrected chi connectivity index (χ1v) is 11.1. The molecule has 0 saturated heterocycles. The van der Waals surface area contributed by atoms with Gasteiger partial charge in [0.15, 0.2) is 0 Å². The van der Waals surface area contributed by atoms with Gasteiger partial charge >= 0.3 is 5.97 Å². The van der Waals surface area contributed by atoms with Crippen LogP contribution in [0.4, 0.5) is 5.69 Å². The van der Waals surface area contributed by atoms with Crippen molar-refractivity contribution in [3.05, 3.63) is 62.2 Å². The van der Waals surface area contributed by atoms with E-state index >= 15 is 0 Å². The molecule has 8 heteroatoms. The molecule has 6 nitrogen and oxygen atoms in total. The lowest BCUT2D eigenvalue weighted by Gasteiger charge is -2.28. The summed E-state index contributed by atoms with van der Waals surface area (Å²) in [5, 5.41) is 9.46. The SMILES string of the molecule is C[C@H](c1ccc(Cl)cc1)N1CC(=O)N(CCCCC(=O)O)c2ccc(I)cc2C1=O. The Morgan fingerprint density at radius 3 is 2.53 bits per heavy atom. The van der Waals surface area contributed by atoms with Crippen LogP contribution in [0.25, 0.3) is 0 Å². The van der Waals surface area contributed by atoms with E-state index in [1.165, 1.54) is 0 Å². The van der Waals surface area contributed by atoms with Crippen molar-refractivity contribution in [2.45, 2.75) is 32.2 Å². The Kier molecular flexibility index (Phi) is 7.36. The Hall–Kier alpha value is -2.13. The molecule has 3 rings (SSSR count). The van der Waals surface area contributed by atoms with Crippen LogP contribution in [0.3, 0.4) is 0 Å². The molecule has 0 fully saturated rings. The predicted molar refractivity (Wildman–Crippen MR) is 124 cm³/mol. The van der Waals surface area contributed by atoms with E-state index < -0.39 is 5.97 Å². The topological polar surface area (TPSA) is 77.9 Å². The molecule has 0 aliphatic carbocycles. The molecule has 0 saturated carbocycles. The van der Waals surface area contributed by atoms with E-state index in [0.29, 0.717) is 35.7 Å². The molecule has 2 aromatic rings. The van der Waals surface area contributed by atoms with Crippen LogP contribution in [0.15, 0.2) is 42.5 Å². The number of amides is 2. The Morgan fingerprint density at radius 1 is 1.17 bits per heavy atom. The molecule has 1 atom stereocenters. The molecular weight excluding hydrogens is 519 g/mol. The summed E-state index contributed by atoms with van der Waals surface area (Å²) in [6.45, 7) is 2.22. The number of unbranched alkanes of at least 4 members (excludes halogenated alkanes) is 1. The molecule has 0 radical (unpaired) electrons. The van der Waals surface area contributed by atoms with Gasteiger partial charge in [-0.2, -0.15) is 0 Å². The Morgan fingerprint density at radius 2 is 1.87 bits per heavy atom. The molecule has 30 heavy (non-hydrogen) atoms. The molecule has 1 heterocycles. The first-order chi connectivity index (χ1) is 14.3. The third-order valence-electron chi connectivity index (χ3n) is 5.19. The highest BCUT2D eigenvalue weighted by Gasteiger charge is 2.34. The third-order valence-corrected chi connectivity index (χ3v) is 6.11.